The molecule has 1 atom stereocenters. The largest absolute Gasteiger partial charge is 0.462 e. The molecule has 1 rings (SSSR count). The lowest BCUT2D eigenvalue weighted by atomic mass is 10.1. The number of rotatable bonds is 2. The van der Waals surface area contributed by atoms with Gasteiger partial charge in [0.05, 0.1) is 0 Å². The highest BCUT2D eigenvalue weighted by molar-refractivity contribution is 5.69. The van der Waals surface area contributed by atoms with Crippen LogP contribution in [0.2, 0.25) is 0 Å². The van der Waals surface area contributed by atoms with Crippen molar-refractivity contribution in [3.8, 4) is 0 Å². The standard InChI is InChI=1S/C15H26O2/c1-2-11-14-12-9-7-5-3-4-6-8-10-13-15(16)17-14/h3-4,14H,2,5-13H2,1H3. The summed E-state index contributed by atoms with van der Waals surface area (Å²) in [6.07, 6.45) is 15.2. The Labute approximate surface area is 105 Å². The number of hydrogen-bond donors (Lipinski definition) is 0. The van der Waals surface area contributed by atoms with Gasteiger partial charge in [0.25, 0.3) is 0 Å². The summed E-state index contributed by atoms with van der Waals surface area (Å²) in [4.78, 5) is 11.6. The summed E-state index contributed by atoms with van der Waals surface area (Å²) in [5, 5.41) is 0. The second-order valence-electron chi connectivity index (χ2n) is 4.90. The Kier molecular flexibility index (Phi) is 7.78. The van der Waals surface area contributed by atoms with Gasteiger partial charge in [-0.1, -0.05) is 25.5 Å². The van der Waals surface area contributed by atoms with Crippen molar-refractivity contribution in [2.45, 2.75) is 77.2 Å². The van der Waals surface area contributed by atoms with E-state index in [0.717, 1.165) is 38.5 Å². The molecule has 1 unspecified atom stereocenters. The maximum absolute atomic E-state index is 11.6. The highest BCUT2D eigenvalue weighted by atomic mass is 16.5. The van der Waals surface area contributed by atoms with E-state index in [-0.39, 0.29) is 12.1 Å². The van der Waals surface area contributed by atoms with E-state index in [4.69, 9.17) is 4.74 Å². The molecule has 0 saturated carbocycles. The molecule has 0 aromatic heterocycles. The Hall–Kier alpha value is -0.790. The summed E-state index contributed by atoms with van der Waals surface area (Å²) < 4.78 is 5.55. The minimum atomic E-state index is 0.00618. The van der Waals surface area contributed by atoms with Crippen molar-refractivity contribution in [2.75, 3.05) is 0 Å². The molecule has 2 heteroatoms. The molecule has 0 N–H and O–H groups in total. The van der Waals surface area contributed by atoms with Crippen LogP contribution in [0.3, 0.4) is 0 Å². The van der Waals surface area contributed by atoms with Crippen LogP contribution < -0.4 is 0 Å². The van der Waals surface area contributed by atoms with E-state index in [1.54, 1.807) is 0 Å². The summed E-state index contributed by atoms with van der Waals surface area (Å²) >= 11 is 0. The van der Waals surface area contributed by atoms with Crippen LogP contribution in [0, 0.1) is 0 Å². The minimum absolute atomic E-state index is 0.00618. The first-order chi connectivity index (χ1) is 8.33. The summed E-state index contributed by atoms with van der Waals surface area (Å²) in [6.45, 7) is 2.15. The van der Waals surface area contributed by atoms with Gasteiger partial charge in [0, 0.05) is 6.42 Å². The molecule has 0 aromatic carbocycles. The van der Waals surface area contributed by atoms with Crippen LogP contribution in [0.15, 0.2) is 12.2 Å². The zero-order valence-corrected chi connectivity index (χ0v) is 11.1. The molecule has 1 aliphatic rings. The van der Waals surface area contributed by atoms with E-state index in [1.807, 2.05) is 0 Å². The molecule has 2 nitrogen and oxygen atoms in total. The van der Waals surface area contributed by atoms with Crippen LogP contribution in [-0.4, -0.2) is 12.1 Å². The Morgan fingerprint density at radius 2 is 1.88 bits per heavy atom. The molecule has 1 aliphatic heterocycles. The molecule has 98 valence electrons. The molecular weight excluding hydrogens is 212 g/mol. The van der Waals surface area contributed by atoms with Gasteiger partial charge in [-0.25, -0.2) is 0 Å². The third-order valence-corrected chi connectivity index (χ3v) is 3.22. The van der Waals surface area contributed by atoms with Gasteiger partial charge in [-0.05, 0) is 51.4 Å². The third kappa shape index (κ3) is 7.19. The number of allylic oxidation sites excluding steroid dienone is 2. The maximum Gasteiger partial charge on any atom is 0.306 e. The molecule has 17 heavy (non-hydrogen) atoms. The molecule has 1 heterocycles. The average molecular weight is 238 g/mol. The van der Waals surface area contributed by atoms with E-state index < -0.39 is 0 Å². The Morgan fingerprint density at radius 1 is 1.18 bits per heavy atom. The van der Waals surface area contributed by atoms with Gasteiger partial charge in [-0.3, -0.25) is 4.79 Å². The number of hydrogen-bond acceptors (Lipinski definition) is 2. The zero-order chi connectivity index (χ0) is 12.3. The molecule has 0 fully saturated rings. The molecule has 0 aliphatic carbocycles. The van der Waals surface area contributed by atoms with Gasteiger partial charge >= 0.3 is 5.97 Å². The van der Waals surface area contributed by atoms with Crippen molar-refractivity contribution >= 4 is 5.97 Å². The molecule has 0 bridgehead atoms. The van der Waals surface area contributed by atoms with E-state index in [0.29, 0.717) is 6.42 Å². The Balaban J connectivity index is 2.40. The van der Waals surface area contributed by atoms with Crippen LogP contribution in [0.4, 0.5) is 0 Å². The molecular formula is C15H26O2. The highest BCUT2D eigenvalue weighted by Gasteiger charge is 2.13. The Bertz CT molecular complexity index is 233. The topological polar surface area (TPSA) is 26.3 Å². The van der Waals surface area contributed by atoms with Gasteiger partial charge < -0.3 is 4.74 Å². The van der Waals surface area contributed by atoms with Crippen molar-refractivity contribution < 1.29 is 9.53 Å². The number of carbonyl (C=O) groups is 1. The van der Waals surface area contributed by atoms with Crippen LogP contribution in [0.25, 0.3) is 0 Å². The molecule has 0 amide bonds. The summed E-state index contributed by atoms with van der Waals surface area (Å²) in [5.74, 6) is 0.00618. The van der Waals surface area contributed by atoms with Crippen LogP contribution in [0.1, 0.15) is 71.1 Å². The lowest BCUT2D eigenvalue weighted by molar-refractivity contribution is -0.149. The fraction of sp³-hybridized carbons (Fsp3) is 0.800. The number of cyclic esters (lactones) is 1. The first-order valence-electron chi connectivity index (χ1n) is 7.17. The molecule has 0 aromatic rings. The fourth-order valence-corrected chi connectivity index (χ4v) is 2.23. The van der Waals surface area contributed by atoms with Crippen molar-refractivity contribution in [1.29, 1.82) is 0 Å². The van der Waals surface area contributed by atoms with E-state index in [2.05, 4.69) is 19.1 Å². The predicted octanol–water partition coefficient (Wildman–Crippen LogP) is 4.39. The zero-order valence-electron chi connectivity index (χ0n) is 11.1. The first kappa shape index (κ1) is 14.3. The van der Waals surface area contributed by atoms with Crippen LogP contribution in [0.5, 0.6) is 0 Å². The van der Waals surface area contributed by atoms with Gasteiger partial charge in [-0.15, -0.1) is 0 Å². The van der Waals surface area contributed by atoms with Gasteiger partial charge in [-0.2, -0.15) is 0 Å². The third-order valence-electron chi connectivity index (χ3n) is 3.22. The van der Waals surface area contributed by atoms with E-state index >= 15 is 0 Å². The SMILES string of the molecule is CCCC1CCCCC=CCCCCC(=O)O1. The number of esters is 1. The van der Waals surface area contributed by atoms with Gasteiger partial charge in [0.15, 0.2) is 0 Å². The molecule has 0 saturated heterocycles. The smallest absolute Gasteiger partial charge is 0.306 e. The van der Waals surface area contributed by atoms with Crippen molar-refractivity contribution in [3.63, 3.8) is 0 Å². The monoisotopic (exact) mass is 238 g/mol. The number of ether oxygens (including phenoxy) is 1. The normalized spacial score (nSPS) is 24.3. The van der Waals surface area contributed by atoms with E-state index in [1.165, 1.54) is 19.3 Å². The van der Waals surface area contributed by atoms with Gasteiger partial charge in [0.2, 0.25) is 0 Å². The average Bonchev–Trinajstić information content (AvgIpc) is 2.32. The number of carbonyl (C=O) groups excluding carboxylic acids is 1. The van der Waals surface area contributed by atoms with Crippen LogP contribution >= 0.6 is 0 Å². The minimum Gasteiger partial charge on any atom is -0.462 e. The summed E-state index contributed by atoms with van der Waals surface area (Å²) in [7, 11) is 0. The predicted molar refractivity (Wildman–Crippen MR) is 70.9 cm³/mol. The fourth-order valence-electron chi connectivity index (χ4n) is 2.23. The summed E-state index contributed by atoms with van der Waals surface area (Å²) in [6, 6.07) is 0. The summed E-state index contributed by atoms with van der Waals surface area (Å²) in [5.41, 5.74) is 0. The lowest BCUT2D eigenvalue weighted by Gasteiger charge is -2.17. The molecule has 0 radical (unpaired) electrons. The van der Waals surface area contributed by atoms with Gasteiger partial charge in [0.1, 0.15) is 6.10 Å². The lowest BCUT2D eigenvalue weighted by Crippen LogP contribution is -2.18. The highest BCUT2D eigenvalue weighted by Crippen LogP contribution is 2.15. The molecule has 0 spiro atoms. The van der Waals surface area contributed by atoms with Crippen molar-refractivity contribution in [3.05, 3.63) is 12.2 Å². The maximum atomic E-state index is 11.6. The van der Waals surface area contributed by atoms with E-state index in [9.17, 15) is 4.79 Å². The van der Waals surface area contributed by atoms with Crippen LogP contribution in [-0.2, 0) is 9.53 Å². The Morgan fingerprint density at radius 3 is 2.59 bits per heavy atom. The quantitative estimate of drug-likeness (QED) is 0.527. The second kappa shape index (κ2) is 9.26. The van der Waals surface area contributed by atoms with Crippen molar-refractivity contribution in [1.82, 2.24) is 0 Å². The second-order valence-corrected chi connectivity index (χ2v) is 4.90. The first-order valence-corrected chi connectivity index (χ1v) is 7.17. The van der Waals surface area contributed by atoms with Crippen molar-refractivity contribution in [2.24, 2.45) is 0 Å².